The SMILES string of the molecule is CN1C(=O)[C@@H](NC(=O)c2nnc(Cc3ccccc3)[nH]2)COc2ccccc21.O. The summed E-state index contributed by atoms with van der Waals surface area (Å²) in [7, 11) is 1.65. The summed E-state index contributed by atoms with van der Waals surface area (Å²) in [5, 5.41) is 10.6. The van der Waals surface area contributed by atoms with E-state index in [2.05, 4.69) is 20.5 Å². The van der Waals surface area contributed by atoms with E-state index in [1.54, 1.807) is 19.2 Å². The van der Waals surface area contributed by atoms with Crippen molar-refractivity contribution in [2.75, 3.05) is 18.6 Å². The number of carbonyl (C=O) groups is 2. The number of carbonyl (C=O) groups excluding carboxylic acids is 2. The van der Waals surface area contributed by atoms with E-state index in [9.17, 15) is 9.59 Å². The quantitative estimate of drug-likeness (QED) is 0.672. The zero-order valence-corrected chi connectivity index (χ0v) is 15.8. The number of nitrogens with zero attached hydrogens (tertiary/aromatic N) is 3. The third-order valence-corrected chi connectivity index (χ3v) is 4.53. The number of hydrogen-bond acceptors (Lipinski definition) is 5. The summed E-state index contributed by atoms with van der Waals surface area (Å²) in [6.45, 7) is 0.0386. The maximum Gasteiger partial charge on any atom is 0.289 e. The molecule has 1 aliphatic heterocycles. The Balaban J connectivity index is 0.00000240. The van der Waals surface area contributed by atoms with Gasteiger partial charge in [0.25, 0.3) is 11.8 Å². The van der Waals surface area contributed by atoms with Crippen LogP contribution >= 0.6 is 0 Å². The second-order valence-electron chi connectivity index (χ2n) is 6.48. The molecule has 0 radical (unpaired) electrons. The van der Waals surface area contributed by atoms with Crippen molar-refractivity contribution in [3.05, 3.63) is 71.8 Å². The summed E-state index contributed by atoms with van der Waals surface area (Å²) < 4.78 is 5.70. The molecule has 0 bridgehead atoms. The van der Waals surface area contributed by atoms with E-state index in [1.165, 1.54) is 4.90 Å². The molecular formula is C20H21N5O4. The Morgan fingerprint density at radius 1 is 1.17 bits per heavy atom. The predicted octanol–water partition coefficient (Wildman–Crippen LogP) is 0.725. The van der Waals surface area contributed by atoms with Crippen molar-refractivity contribution in [3.63, 3.8) is 0 Å². The molecule has 9 nitrogen and oxygen atoms in total. The Morgan fingerprint density at radius 3 is 2.69 bits per heavy atom. The number of likely N-dealkylation sites (N-methyl/N-ethyl adjacent to an activating group) is 1. The number of para-hydroxylation sites is 2. The van der Waals surface area contributed by atoms with Crippen LogP contribution < -0.4 is 15.0 Å². The van der Waals surface area contributed by atoms with Gasteiger partial charge < -0.3 is 25.4 Å². The number of aromatic amines is 1. The minimum atomic E-state index is -0.826. The predicted molar refractivity (Wildman–Crippen MR) is 106 cm³/mol. The van der Waals surface area contributed by atoms with Crippen LogP contribution in [0, 0.1) is 0 Å². The first-order valence-electron chi connectivity index (χ1n) is 8.87. The highest BCUT2D eigenvalue weighted by Crippen LogP contribution is 2.29. The molecule has 1 aliphatic rings. The summed E-state index contributed by atoms with van der Waals surface area (Å²) in [6.07, 6.45) is 0.532. The van der Waals surface area contributed by atoms with Gasteiger partial charge in [-0.1, -0.05) is 42.5 Å². The van der Waals surface area contributed by atoms with Gasteiger partial charge >= 0.3 is 0 Å². The third kappa shape index (κ3) is 4.25. The van der Waals surface area contributed by atoms with Gasteiger partial charge in [-0.25, -0.2) is 0 Å². The number of anilines is 1. The van der Waals surface area contributed by atoms with Gasteiger partial charge in [0.1, 0.15) is 24.2 Å². The average molecular weight is 395 g/mol. The fraction of sp³-hybridized carbons (Fsp3) is 0.200. The van der Waals surface area contributed by atoms with Crippen molar-refractivity contribution in [2.45, 2.75) is 12.5 Å². The first-order chi connectivity index (χ1) is 13.6. The first kappa shape index (κ1) is 20.0. The largest absolute Gasteiger partial charge is 0.489 e. The molecule has 2 heterocycles. The summed E-state index contributed by atoms with van der Waals surface area (Å²) >= 11 is 0. The highest BCUT2D eigenvalue weighted by atomic mass is 16.5. The Morgan fingerprint density at radius 2 is 1.90 bits per heavy atom. The van der Waals surface area contributed by atoms with Crippen LogP contribution in [-0.4, -0.2) is 52.2 Å². The molecule has 4 N–H and O–H groups in total. The molecule has 0 fully saturated rings. The Hall–Kier alpha value is -3.72. The van der Waals surface area contributed by atoms with Crippen LogP contribution in [-0.2, 0) is 11.2 Å². The Bertz CT molecular complexity index is 1000. The second-order valence-corrected chi connectivity index (χ2v) is 6.48. The van der Waals surface area contributed by atoms with Crippen LogP contribution in [0.3, 0.4) is 0 Å². The maximum atomic E-state index is 12.7. The monoisotopic (exact) mass is 395 g/mol. The van der Waals surface area contributed by atoms with E-state index in [1.807, 2.05) is 42.5 Å². The lowest BCUT2D eigenvalue weighted by Crippen LogP contribution is -2.49. The zero-order valence-electron chi connectivity index (χ0n) is 15.8. The standard InChI is InChI=1S/C20H19N5O3.H2O/c1-25-15-9-5-6-10-16(15)28-12-14(20(25)27)21-19(26)18-22-17(23-24-18)11-13-7-3-2-4-8-13;/h2-10,14H,11-12H2,1H3,(H,21,26)(H,22,23,24);1H2/t14-;/m0./s1. The van der Waals surface area contributed by atoms with E-state index in [0.29, 0.717) is 23.7 Å². The number of hydrogen-bond donors (Lipinski definition) is 2. The van der Waals surface area contributed by atoms with Crippen molar-refractivity contribution in [1.82, 2.24) is 20.5 Å². The van der Waals surface area contributed by atoms with Crippen molar-refractivity contribution in [1.29, 1.82) is 0 Å². The van der Waals surface area contributed by atoms with Gasteiger partial charge in [0.2, 0.25) is 5.82 Å². The molecule has 150 valence electrons. The van der Waals surface area contributed by atoms with Gasteiger partial charge in [-0.3, -0.25) is 9.59 Å². The number of benzene rings is 2. The fourth-order valence-electron chi connectivity index (χ4n) is 3.05. The fourth-order valence-corrected chi connectivity index (χ4v) is 3.05. The van der Waals surface area contributed by atoms with Gasteiger partial charge in [-0.05, 0) is 17.7 Å². The number of nitrogens with one attached hydrogen (secondary N) is 2. The van der Waals surface area contributed by atoms with Crippen LogP contribution in [0.5, 0.6) is 5.75 Å². The summed E-state index contributed by atoms with van der Waals surface area (Å²) in [5.41, 5.74) is 1.71. The van der Waals surface area contributed by atoms with E-state index >= 15 is 0 Å². The van der Waals surface area contributed by atoms with Gasteiger partial charge in [-0.2, -0.15) is 0 Å². The molecule has 0 aliphatic carbocycles. The van der Waals surface area contributed by atoms with Gasteiger partial charge in [0, 0.05) is 13.5 Å². The number of ether oxygens (including phenoxy) is 1. The molecule has 1 aromatic heterocycles. The zero-order chi connectivity index (χ0) is 19.5. The summed E-state index contributed by atoms with van der Waals surface area (Å²) in [6, 6.07) is 16.2. The minimum Gasteiger partial charge on any atom is -0.489 e. The lowest BCUT2D eigenvalue weighted by molar-refractivity contribution is -0.120. The van der Waals surface area contributed by atoms with E-state index in [-0.39, 0.29) is 23.8 Å². The molecule has 4 rings (SSSR count). The third-order valence-electron chi connectivity index (χ3n) is 4.53. The Kier molecular flexibility index (Phi) is 5.89. The van der Waals surface area contributed by atoms with E-state index in [4.69, 9.17) is 4.74 Å². The van der Waals surface area contributed by atoms with Crippen molar-refractivity contribution in [3.8, 4) is 5.75 Å². The molecule has 2 aromatic carbocycles. The summed E-state index contributed by atoms with van der Waals surface area (Å²) in [4.78, 5) is 29.6. The van der Waals surface area contributed by atoms with Gasteiger partial charge in [0.15, 0.2) is 0 Å². The van der Waals surface area contributed by atoms with Crippen LogP contribution in [0.15, 0.2) is 54.6 Å². The highest BCUT2D eigenvalue weighted by Gasteiger charge is 2.31. The normalized spacial score (nSPS) is 15.6. The smallest absolute Gasteiger partial charge is 0.289 e. The highest BCUT2D eigenvalue weighted by molar-refractivity contribution is 6.02. The molecule has 0 unspecified atom stereocenters. The van der Waals surface area contributed by atoms with Crippen LogP contribution in [0.1, 0.15) is 22.0 Å². The molecule has 9 heteroatoms. The molecule has 1 atom stereocenters. The van der Waals surface area contributed by atoms with Crippen LogP contribution in [0.4, 0.5) is 5.69 Å². The first-order valence-corrected chi connectivity index (χ1v) is 8.87. The topological polar surface area (TPSA) is 132 Å². The number of fused-ring (bicyclic) bond motifs is 1. The van der Waals surface area contributed by atoms with Crippen molar-refractivity contribution < 1.29 is 19.8 Å². The van der Waals surface area contributed by atoms with E-state index < -0.39 is 11.9 Å². The lowest BCUT2D eigenvalue weighted by atomic mass is 10.1. The molecule has 3 aromatic rings. The van der Waals surface area contributed by atoms with Crippen molar-refractivity contribution >= 4 is 17.5 Å². The molecule has 29 heavy (non-hydrogen) atoms. The van der Waals surface area contributed by atoms with E-state index in [0.717, 1.165) is 5.56 Å². The number of rotatable bonds is 4. The molecule has 0 spiro atoms. The molecule has 0 saturated carbocycles. The number of H-pyrrole nitrogens is 1. The molecular weight excluding hydrogens is 374 g/mol. The second kappa shape index (κ2) is 8.53. The maximum absolute atomic E-state index is 12.7. The summed E-state index contributed by atoms with van der Waals surface area (Å²) in [5.74, 6) is 0.461. The number of aromatic nitrogens is 3. The average Bonchev–Trinajstić information content (AvgIpc) is 3.15. The Labute approximate surface area is 167 Å². The van der Waals surface area contributed by atoms with Crippen LogP contribution in [0.2, 0.25) is 0 Å². The molecule has 2 amide bonds. The van der Waals surface area contributed by atoms with Gasteiger partial charge in [-0.15, -0.1) is 10.2 Å². The van der Waals surface area contributed by atoms with Gasteiger partial charge in [0.05, 0.1) is 5.69 Å². The molecule has 0 saturated heterocycles. The van der Waals surface area contributed by atoms with Crippen LogP contribution in [0.25, 0.3) is 0 Å². The van der Waals surface area contributed by atoms with Crippen molar-refractivity contribution in [2.24, 2.45) is 0 Å². The minimum absolute atomic E-state index is 0. The number of amides is 2. The lowest BCUT2D eigenvalue weighted by Gasteiger charge is -2.19.